The molecule has 0 aromatic rings. The number of rotatable bonds is 1. The Hall–Kier alpha value is -0.640. The van der Waals surface area contributed by atoms with Crippen LogP contribution in [0.15, 0.2) is 0 Å². The van der Waals surface area contributed by atoms with Crippen LogP contribution in [0.3, 0.4) is 0 Å². The first-order valence-electron chi connectivity index (χ1n) is 4.00. The van der Waals surface area contributed by atoms with Crippen LogP contribution in [0.25, 0.3) is 0 Å². The molecule has 4 heteroatoms. The van der Waals surface area contributed by atoms with Gasteiger partial charge in [-0.25, -0.2) is 0 Å². The largest absolute Gasteiger partial charge is 0.327 e. The lowest BCUT2D eigenvalue weighted by atomic mass is 9.84. The molecule has 11 heavy (non-hydrogen) atoms. The van der Waals surface area contributed by atoms with Gasteiger partial charge in [-0.15, -0.1) is 0 Å². The van der Waals surface area contributed by atoms with Crippen LogP contribution in [0.1, 0.15) is 26.2 Å². The summed E-state index contributed by atoms with van der Waals surface area (Å²) in [6.07, 6.45) is 2.10. The van der Waals surface area contributed by atoms with Gasteiger partial charge in [-0.1, -0.05) is 6.92 Å². The van der Waals surface area contributed by atoms with E-state index in [4.69, 9.17) is 5.73 Å². The zero-order valence-electron chi connectivity index (χ0n) is 6.69. The molecule has 1 aliphatic carbocycles. The minimum Gasteiger partial charge on any atom is -0.327 e. The van der Waals surface area contributed by atoms with E-state index in [9.17, 15) is 10.1 Å². The summed E-state index contributed by atoms with van der Waals surface area (Å²) in [5, 5.41) is 10.4. The second-order valence-electron chi connectivity index (χ2n) is 3.39. The van der Waals surface area contributed by atoms with Gasteiger partial charge in [0.1, 0.15) is 0 Å². The number of nitrogens with zero attached hydrogens (tertiary/aromatic N) is 1. The van der Waals surface area contributed by atoms with Gasteiger partial charge < -0.3 is 5.73 Å². The Kier molecular flexibility index (Phi) is 2.44. The van der Waals surface area contributed by atoms with Gasteiger partial charge in [0.05, 0.1) is 0 Å². The third-order valence-corrected chi connectivity index (χ3v) is 2.51. The highest BCUT2D eigenvalue weighted by molar-refractivity contribution is 4.79. The number of hydrogen-bond donors (Lipinski definition) is 1. The molecule has 0 aliphatic heterocycles. The first-order chi connectivity index (χ1) is 5.11. The molecule has 1 rings (SSSR count). The minimum atomic E-state index is -0.343. The van der Waals surface area contributed by atoms with Crippen LogP contribution in [0.4, 0.5) is 0 Å². The van der Waals surface area contributed by atoms with E-state index in [-0.39, 0.29) is 17.0 Å². The summed E-state index contributed by atoms with van der Waals surface area (Å²) in [6.45, 7) is 1.99. The average molecular weight is 158 g/mol. The fraction of sp³-hybridized carbons (Fsp3) is 1.00. The van der Waals surface area contributed by atoms with Crippen molar-refractivity contribution in [1.82, 2.24) is 0 Å². The van der Waals surface area contributed by atoms with Crippen molar-refractivity contribution in [2.45, 2.75) is 38.3 Å². The summed E-state index contributed by atoms with van der Waals surface area (Å²) < 4.78 is 0. The monoisotopic (exact) mass is 158 g/mol. The van der Waals surface area contributed by atoms with Crippen LogP contribution < -0.4 is 5.73 Å². The molecule has 0 radical (unpaired) electrons. The van der Waals surface area contributed by atoms with E-state index in [1.165, 1.54) is 0 Å². The van der Waals surface area contributed by atoms with Crippen molar-refractivity contribution in [3.05, 3.63) is 10.1 Å². The Morgan fingerprint density at radius 3 is 2.64 bits per heavy atom. The van der Waals surface area contributed by atoms with Crippen LogP contribution in [-0.4, -0.2) is 17.0 Å². The summed E-state index contributed by atoms with van der Waals surface area (Å²) >= 11 is 0. The maximum Gasteiger partial charge on any atom is 0.213 e. The molecule has 1 saturated carbocycles. The third kappa shape index (κ3) is 1.89. The Balaban J connectivity index is 2.46. The van der Waals surface area contributed by atoms with Crippen LogP contribution in [0.2, 0.25) is 0 Å². The number of hydrogen-bond acceptors (Lipinski definition) is 3. The van der Waals surface area contributed by atoms with Crippen LogP contribution in [0, 0.1) is 16.0 Å². The SMILES string of the molecule is CC1CC([N+](=O)[O-])CCC1N. The lowest BCUT2D eigenvalue weighted by molar-refractivity contribution is -0.528. The average Bonchev–Trinajstić information content (AvgIpc) is 1.94. The summed E-state index contributed by atoms with van der Waals surface area (Å²) in [5.74, 6) is 0.305. The van der Waals surface area contributed by atoms with Gasteiger partial charge in [0.25, 0.3) is 0 Å². The second-order valence-corrected chi connectivity index (χ2v) is 3.39. The Labute approximate surface area is 65.9 Å². The zero-order valence-corrected chi connectivity index (χ0v) is 6.69. The van der Waals surface area contributed by atoms with Crippen molar-refractivity contribution in [3.63, 3.8) is 0 Å². The van der Waals surface area contributed by atoms with Crippen LogP contribution >= 0.6 is 0 Å². The highest BCUT2D eigenvalue weighted by atomic mass is 16.6. The molecule has 0 spiro atoms. The zero-order chi connectivity index (χ0) is 8.43. The van der Waals surface area contributed by atoms with E-state index < -0.39 is 0 Å². The van der Waals surface area contributed by atoms with Crippen molar-refractivity contribution >= 4 is 0 Å². The molecular formula is C7H14N2O2. The lowest BCUT2D eigenvalue weighted by Gasteiger charge is -2.26. The molecule has 64 valence electrons. The highest BCUT2D eigenvalue weighted by Crippen LogP contribution is 2.24. The van der Waals surface area contributed by atoms with E-state index in [1.54, 1.807) is 0 Å². The normalized spacial score (nSPS) is 38.5. The summed E-state index contributed by atoms with van der Waals surface area (Å²) in [5.41, 5.74) is 5.72. The van der Waals surface area contributed by atoms with Gasteiger partial charge in [0.2, 0.25) is 6.04 Å². The Morgan fingerprint density at radius 1 is 1.55 bits per heavy atom. The number of nitrogens with two attached hydrogens (primary N) is 1. The lowest BCUT2D eigenvalue weighted by Crippen LogP contribution is -2.39. The van der Waals surface area contributed by atoms with E-state index in [0.29, 0.717) is 18.8 Å². The molecule has 0 saturated heterocycles. The second kappa shape index (κ2) is 3.17. The van der Waals surface area contributed by atoms with Crippen LogP contribution in [-0.2, 0) is 0 Å². The topological polar surface area (TPSA) is 69.2 Å². The molecule has 0 bridgehead atoms. The molecule has 2 N–H and O–H groups in total. The summed E-state index contributed by atoms with van der Waals surface area (Å²) in [6, 6.07) is -0.170. The van der Waals surface area contributed by atoms with Gasteiger partial charge in [-0.3, -0.25) is 10.1 Å². The maximum atomic E-state index is 10.4. The van der Waals surface area contributed by atoms with Gasteiger partial charge in [-0.05, 0) is 12.3 Å². The smallest absolute Gasteiger partial charge is 0.213 e. The quantitative estimate of drug-likeness (QED) is 0.453. The standard InChI is InChI=1S/C7H14N2O2/c1-5-4-6(9(10)11)2-3-7(5)8/h5-7H,2-4,8H2,1H3. The van der Waals surface area contributed by atoms with Gasteiger partial charge in [0.15, 0.2) is 0 Å². The fourth-order valence-corrected chi connectivity index (χ4v) is 1.58. The summed E-state index contributed by atoms with van der Waals surface area (Å²) in [7, 11) is 0. The van der Waals surface area contributed by atoms with Crippen molar-refractivity contribution in [3.8, 4) is 0 Å². The predicted octanol–water partition coefficient (Wildman–Crippen LogP) is 0.779. The van der Waals surface area contributed by atoms with E-state index in [2.05, 4.69) is 0 Å². The van der Waals surface area contributed by atoms with E-state index in [1.807, 2.05) is 6.92 Å². The fourth-order valence-electron chi connectivity index (χ4n) is 1.58. The summed E-state index contributed by atoms with van der Waals surface area (Å²) in [4.78, 5) is 10.2. The molecule has 1 aliphatic rings. The van der Waals surface area contributed by atoms with Crippen LogP contribution in [0.5, 0.6) is 0 Å². The molecule has 1 fully saturated rings. The van der Waals surface area contributed by atoms with Crippen molar-refractivity contribution in [2.24, 2.45) is 11.7 Å². The first-order valence-corrected chi connectivity index (χ1v) is 4.00. The molecular weight excluding hydrogens is 144 g/mol. The van der Waals surface area contributed by atoms with E-state index in [0.717, 1.165) is 6.42 Å². The molecule has 0 amide bonds. The molecule has 4 nitrogen and oxygen atoms in total. The van der Waals surface area contributed by atoms with Gasteiger partial charge in [0, 0.05) is 23.8 Å². The molecule has 3 atom stereocenters. The van der Waals surface area contributed by atoms with Crippen molar-refractivity contribution in [2.75, 3.05) is 0 Å². The molecule has 0 heterocycles. The van der Waals surface area contributed by atoms with Crippen molar-refractivity contribution < 1.29 is 4.92 Å². The Morgan fingerprint density at radius 2 is 2.18 bits per heavy atom. The number of nitro groups is 1. The maximum absolute atomic E-state index is 10.4. The first kappa shape index (κ1) is 8.46. The van der Waals surface area contributed by atoms with Gasteiger partial charge >= 0.3 is 0 Å². The van der Waals surface area contributed by atoms with Gasteiger partial charge in [-0.2, -0.15) is 0 Å². The molecule has 3 unspecified atom stereocenters. The molecule has 0 aromatic heterocycles. The van der Waals surface area contributed by atoms with E-state index >= 15 is 0 Å². The van der Waals surface area contributed by atoms with Crippen molar-refractivity contribution in [1.29, 1.82) is 0 Å². The molecule has 0 aromatic carbocycles. The minimum absolute atomic E-state index is 0.172. The Bertz CT molecular complexity index is 161. The predicted molar refractivity (Wildman–Crippen MR) is 41.8 cm³/mol. The highest BCUT2D eigenvalue weighted by Gasteiger charge is 2.31. The third-order valence-electron chi connectivity index (χ3n) is 2.51.